The largest absolute Gasteiger partial charge is 0.451 e. The smallest absolute Gasteiger partial charge is 0.291 e. The highest BCUT2D eigenvalue weighted by Crippen LogP contribution is 2.28. The molecule has 0 unspecified atom stereocenters. The number of nitrogens with zero attached hydrogens (tertiary/aromatic N) is 2. The van der Waals surface area contributed by atoms with E-state index in [1.54, 1.807) is 54.9 Å². The fourth-order valence-corrected chi connectivity index (χ4v) is 3.66. The van der Waals surface area contributed by atoms with Crippen molar-refractivity contribution in [3.05, 3.63) is 88.3 Å². The number of carbonyl (C=O) groups is 1. The Balaban J connectivity index is 1.37. The molecule has 152 valence electrons. The van der Waals surface area contributed by atoms with Crippen molar-refractivity contribution >= 4 is 50.2 Å². The molecular weight excluding hydrogens is 482 g/mol. The van der Waals surface area contributed by atoms with E-state index < -0.39 is 0 Å². The van der Waals surface area contributed by atoms with Crippen LogP contribution in [0.4, 0.5) is 5.69 Å². The molecule has 0 saturated carbocycles. The lowest BCUT2D eigenvalue weighted by Crippen LogP contribution is -2.10. The van der Waals surface area contributed by atoms with E-state index in [1.807, 2.05) is 18.2 Å². The van der Waals surface area contributed by atoms with Gasteiger partial charge >= 0.3 is 0 Å². The van der Waals surface area contributed by atoms with E-state index in [0.717, 1.165) is 15.6 Å². The van der Waals surface area contributed by atoms with Crippen molar-refractivity contribution in [3.63, 3.8) is 0 Å². The second kappa shape index (κ2) is 8.02. The van der Waals surface area contributed by atoms with Crippen LogP contribution in [0.15, 0.2) is 86.4 Å². The molecule has 1 amide bonds. The molecule has 0 aliphatic carbocycles. The topological polar surface area (TPSA) is 81.2 Å². The van der Waals surface area contributed by atoms with Gasteiger partial charge in [-0.3, -0.25) is 9.78 Å². The second-order valence-corrected chi connectivity index (χ2v) is 8.07. The molecule has 0 fully saturated rings. The van der Waals surface area contributed by atoms with E-state index in [4.69, 9.17) is 20.4 Å². The van der Waals surface area contributed by atoms with Gasteiger partial charge in [-0.1, -0.05) is 23.7 Å². The number of anilines is 1. The number of hydrogen-bond acceptors (Lipinski definition) is 5. The van der Waals surface area contributed by atoms with Gasteiger partial charge in [0.25, 0.3) is 5.91 Å². The van der Waals surface area contributed by atoms with Crippen LogP contribution in [0.1, 0.15) is 10.6 Å². The SMILES string of the molecule is O=C(Nc1ccc2oc(-c3cncc(Br)c3)nc2c1)c1ccc(-c2cccc(Cl)c2)o1. The zero-order chi connectivity index (χ0) is 21.4. The third kappa shape index (κ3) is 4.10. The molecule has 6 nitrogen and oxygen atoms in total. The van der Waals surface area contributed by atoms with Crippen LogP contribution in [-0.2, 0) is 0 Å². The number of nitrogens with one attached hydrogen (secondary N) is 1. The van der Waals surface area contributed by atoms with Crippen LogP contribution in [0, 0.1) is 0 Å². The average Bonchev–Trinajstić information content (AvgIpc) is 3.41. The van der Waals surface area contributed by atoms with Crippen molar-refractivity contribution in [2.45, 2.75) is 0 Å². The predicted octanol–water partition coefficient (Wildman–Crippen LogP) is 6.82. The Labute approximate surface area is 190 Å². The zero-order valence-corrected chi connectivity index (χ0v) is 18.1. The van der Waals surface area contributed by atoms with E-state index in [-0.39, 0.29) is 11.7 Å². The van der Waals surface area contributed by atoms with Crippen molar-refractivity contribution in [2.24, 2.45) is 0 Å². The summed E-state index contributed by atoms with van der Waals surface area (Å²) in [5, 5.41) is 3.42. The summed E-state index contributed by atoms with van der Waals surface area (Å²) in [7, 11) is 0. The maximum atomic E-state index is 12.6. The molecule has 0 atom stereocenters. The van der Waals surface area contributed by atoms with E-state index in [0.29, 0.717) is 33.5 Å². The summed E-state index contributed by atoms with van der Waals surface area (Å²) < 4.78 is 12.3. The molecule has 0 radical (unpaired) electrons. The molecule has 5 aromatic rings. The summed E-state index contributed by atoms with van der Waals surface area (Å²) >= 11 is 9.42. The fourth-order valence-electron chi connectivity index (χ4n) is 3.11. The molecule has 2 aromatic carbocycles. The minimum atomic E-state index is -0.368. The van der Waals surface area contributed by atoms with Gasteiger partial charge in [-0.15, -0.1) is 0 Å². The first-order valence-electron chi connectivity index (χ1n) is 9.24. The molecule has 0 aliphatic heterocycles. The summed E-state index contributed by atoms with van der Waals surface area (Å²) in [5.41, 5.74) is 3.34. The first-order valence-corrected chi connectivity index (χ1v) is 10.4. The van der Waals surface area contributed by atoms with Crippen molar-refractivity contribution in [2.75, 3.05) is 5.32 Å². The lowest BCUT2D eigenvalue weighted by atomic mass is 10.2. The monoisotopic (exact) mass is 493 g/mol. The molecule has 31 heavy (non-hydrogen) atoms. The highest BCUT2D eigenvalue weighted by atomic mass is 79.9. The third-order valence-corrected chi connectivity index (χ3v) is 5.20. The first-order chi connectivity index (χ1) is 15.0. The van der Waals surface area contributed by atoms with Gasteiger partial charge in [0, 0.05) is 33.1 Å². The fraction of sp³-hybridized carbons (Fsp3) is 0. The summed E-state index contributed by atoms with van der Waals surface area (Å²) in [6, 6.07) is 17.7. The van der Waals surface area contributed by atoms with E-state index >= 15 is 0 Å². The zero-order valence-electron chi connectivity index (χ0n) is 15.8. The van der Waals surface area contributed by atoms with Gasteiger partial charge in [0.15, 0.2) is 11.3 Å². The van der Waals surface area contributed by atoms with Crippen LogP contribution in [0.2, 0.25) is 5.02 Å². The Morgan fingerprint density at radius 2 is 1.87 bits per heavy atom. The molecule has 0 saturated heterocycles. The quantitative estimate of drug-likeness (QED) is 0.296. The second-order valence-electron chi connectivity index (χ2n) is 6.72. The molecule has 3 aromatic heterocycles. The molecule has 0 bridgehead atoms. The Morgan fingerprint density at radius 3 is 2.71 bits per heavy atom. The molecule has 0 aliphatic rings. The van der Waals surface area contributed by atoms with Crippen LogP contribution in [0.5, 0.6) is 0 Å². The Morgan fingerprint density at radius 1 is 0.968 bits per heavy atom. The van der Waals surface area contributed by atoms with Crippen LogP contribution >= 0.6 is 27.5 Å². The van der Waals surface area contributed by atoms with Crippen LogP contribution in [-0.4, -0.2) is 15.9 Å². The van der Waals surface area contributed by atoms with E-state index in [9.17, 15) is 4.79 Å². The number of carbonyl (C=O) groups excluding carboxylic acids is 1. The van der Waals surface area contributed by atoms with Gasteiger partial charge in [0.05, 0.1) is 5.56 Å². The molecular formula is C23H13BrClN3O3. The maximum absolute atomic E-state index is 12.6. The number of aromatic nitrogens is 2. The van der Waals surface area contributed by atoms with Gasteiger partial charge < -0.3 is 14.2 Å². The Kier molecular flexibility index (Phi) is 5.05. The van der Waals surface area contributed by atoms with Crippen LogP contribution in [0.25, 0.3) is 33.9 Å². The number of amides is 1. The van der Waals surface area contributed by atoms with E-state index in [1.165, 1.54) is 0 Å². The minimum Gasteiger partial charge on any atom is -0.451 e. The summed E-state index contributed by atoms with van der Waals surface area (Å²) in [6.45, 7) is 0. The third-order valence-electron chi connectivity index (χ3n) is 4.54. The van der Waals surface area contributed by atoms with Crippen molar-refractivity contribution in [3.8, 4) is 22.8 Å². The normalized spacial score (nSPS) is 11.0. The number of furan rings is 1. The number of benzene rings is 2. The van der Waals surface area contributed by atoms with Crippen molar-refractivity contribution in [1.29, 1.82) is 0 Å². The Bertz CT molecular complexity index is 1430. The average molecular weight is 495 g/mol. The number of oxazole rings is 1. The Hall–Kier alpha value is -3.42. The molecule has 0 spiro atoms. The highest BCUT2D eigenvalue weighted by Gasteiger charge is 2.15. The summed E-state index contributed by atoms with van der Waals surface area (Å²) in [4.78, 5) is 21.3. The number of rotatable bonds is 4. The number of hydrogen-bond donors (Lipinski definition) is 1. The van der Waals surface area contributed by atoms with Crippen LogP contribution in [0.3, 0.4) is 0 Å². The number of pyridine rings is 1. The van der Waals surface area contributed by atoms with Gasteiger partial charge in [-0.05, 0) is 64.5 Å². The highest BCUT2D eigenvalue weighted by molar-refractivity contribution is 9.10. The molecule has 3 heterocycles. The maximum Gasteiger partial charge on any atom is 0.291 e. The lowest BCUT2D eigenvalue weighted by molar-refractivity contribution is 0.0997. The van der Waals surface area contributed by atoms with Gasteiger partial charge in [-0.2, -0.15) is 0 Å². The number of halogens is 2. The van der Waals surface area contributed by atoms with Crippen molar-refractivity contribution < 1.29 is 13.6 Å². The van der Waals surface area contributed by atoms with Gasteiger partial charge in [0.2, 0.25) is 5.89 Å². The molecule has 8 heteroatoms. The van der Waals surface area contributed by atoms with E-state index in [2.05, 4.69) is 31.2 Å². The molecule has 1 N–H and O–H groups in total. The lowest BCUT2D eigenvalue weighted by Gasteiger charge is -2.03. The standard InChI is InChI=1S/C23H13BrClN3O3/c24-15-8-14(11-26-12-15)23-28-18-10-17(4-5-20(18)31-23)27-22(29)21-7-6-19(30-21)13-2-1-3-16(25)9-13/h1-12H,(H,27,29). The number of fused-ring (bicyclic) bond motifs is 1. The minimum absolute atomic E-state index is 0.191. The summed E-state index contributed by atoms with van der Waals surface area (Å²) in [5.74, 6) is 0.833. The molecule has 5 rings (SSSR count). The van der Waals surface area contributed by atoms with Crippen LogP contribution < -0.4 is 5.32 Å². The first kappa shape index (κ1) is 19.5. The van der Waals surface area contributed by atoms with Gasteiger partial charge in [0.1, 0.15) is 11.3 Å². The summed E-state index contributed by atoms with van der Waals surface area (Å²) in [6.07, 6.45) is 3.36. The van der Waals surface area contributed by atoms with Crippen molar-refractivity contribution in [1.82, 2.24) is 9.97 Å². The van der Waals surface area contributed by atoms with Gasteiger partial charge in [-0.25, -0.2) is 4.98 Å². The predicted molar refractivity (Wildman–Crippen MR) is 122 cm³/mol.